The maximum atomic E-state index is 13.3. The molecule has 36 heavy (non-hydrogen) atoms. The monoisotopic (exact) mass is 484 g/mol. The highest BCUT2D eigenvalue weighted by Crippen LogP contribution is 2.32. The molecule has 2 aliphatic rings. The molecule has 6 nitrogen and oxygen atoms in total. The quantitative estimate of drug-likeness (QED) is 0.339. The topological polar surface area (TPSA) is 96.7 Å². The van der Waals surface area contributed by atoms with Crippen molar-refractivity contribution in [1.82, 2.24) is 0 Å². The molecule has 0 aromatic heterocycles. The zero-order valence-corrected chi connectivity index (χ0v) is 21.0. The molecule has 186 valence electrons. The number of aliphatic imine (C=N–C) groups is 1. The third kappa shape index (κ3) is 7.28. The average Bonchev–Trinajstić information content (AvgIpc) is 2.85. The molecule has 1 N–H and O–H groups in total. The van der Waals surface area contributed by atoms with Crippen LogP contribution in [-0.4, -0.2) is 29.3 Å². The smallest absolute Gasteiger partial charge is 0.189 e. The Labute approximate surface area is 212 Å². The second-order valence-electron chi connectivity index (χ2n) is 9.10. The molecule has 1 heterocycles. The maximum absolute atomic E-state index is 13.3. The van der Waals surface area contributed by atoms with E-state index in [0.717, 1.165) is 29.5 Å². The second kappa shape index (κ2) is 12.7. The van der Waals surface area contributed by atoms with Crippen LogP contribution in [0.15, 0.2) is 82.8 Å². The van der Waals surface area contributed by atoms with Gasteiger partial charge in [-0.3, -0.25) is 19.4 Å². The molecule has 6 heteroatoms. The van der Waals surface area contributed by atoms with Crippen LogP contribution in [-0.2, 0) is 16.0 Å². The Morgan fingerprint density at radius 3 is 2.75 bits per heavy atom. The summed E-state index contributed by atoms with van der Waals surface area (Å²) in [6.07, 6.45) is 16.3. The fourth-order valence-electron chi connectivity index (χ4n) is 4.17. The standard InChI is InChI=1S/C30H32N2O4/c1-20-8-5-4-6-9-21(2)32-25(16-20)19-36-29-11-7-10-28-27(29)15-13-24(30(28)35)17-23(22(3)33)12-14-26(34)18-31/h4-7,9-11,13,16,18-19,23,31H,8,12,14-15,17H2,1-3H3/b5-4-,9-6-,20-16?,25-19+,31-18?,32-21+. The lowest BCUT2D eigenvalue weighted by atomic mass is 9.83. The van der Waals surface area contributed by atoms with E-state index in [-0.39, 0.29) is 30.2 Å². The number of rotatable bonds is 9. The van der Waals surface area contributed by atoms with Crippen LogP contribution in [0.25, 0.3) is 0 Å². The molecule has 1 aromatic rings. The summed E-state index contributed by atoms with van der Waals surface area (Å²) in [5.41, 5.74) is 4.61. The maximum Gasteiger partial charge on any atom is 0.189 e. The van der Waals surface area contributed by atoms with Crippen molar-refractivity contribution < 1.29 is 19.1 Å². The number of hydrogen-bond acceptors (Lipinski definition) is 6. The largest absolute Gasteiger partial charge is 0.462 e. The van der Waals surface area contributed by atoms with Crippen molar-refractivity contribution in [2.75, 3.05) is 0 Å². The summed E-state index contributed by atoms with van der Waals surface area (Å²) in [5, 5.41) is 7.05. The van der Waals surface area contributed by atoms with Gasteiger partial charge in [0, 0.05) is 29.2 Å². The molecule has 0 spiro atoms. The molecule has 1 aliphatic heterocycles. The first-order valence-electron chi connectivity index (χ1n) is 12.1. The summed E-state index contributed by atoms with van der Waals surface area (Å²) in [6.45, 7) is 5.44. The molecule has 0 saturated carbocycles. The van der Waals surface area contributed by atoms with Crippen molar-refractivity contribution in [1.29, 1.82) is 5.41 Å². The van der Waals surface area contributed by atoms with Gasteiger partial charge in [-0.25, -0.2) is 0 Å². The third-order valence-electron chi connectivity index (χ3n) is 6.19. The van der Waals surface area contributed by atoms with Crippen LogP contribution < -0.4 is 4.74 Å². The fraction of sp³-hybridized carbons (Fsp3) is 0.300. The van der Waals surface area contributed by atoms with Crippen LogP contribution in [0.1, 0.15) is 62.4 Å². The fourth-order valence-corrected chi connectivity index (χ4v) is 4.17. The van der Waals surface area contributed by atoms with Crippen molar-refractivity contribution in [3.05, 3.63) is 88.9 Å². The van der Waals surface area contributed by atoms with Crippen molar-refractivity contribution in [2.24, 2.45) is 10.9 Å². The van der Waals surface area contributed by atoms with Gasteiger partial charge in [0.1, 0.15) is 17.8 Å². The first-order valence-corrected chi connectivity index (χ1v) is 12.1. The van der Waals surface area contributed by atoms with Crippen molar-refractivity contribution in [2.45, 2.75) is 52.9 Å². The zero-order chi connectivity index (χ0) is 26.1. The van der Waals surface area contributed by atoms with Crippen molar-refractivity contribution in [3.63, 3.8) is 0 Å². The first-order chi connectivity index (χ1) is 17.3. The predicted octanol–water partition coefficient (Wildman–Crippen LogP) is 6.09. The predicted molar refractivity (Wildman–Crippen MR) is 143 cm³/mol. The van der Waals surface area contributed by atoms with Gasteiger partial charge in [-0.05, 0) is 70.2 Å². The van der Waals surface area contributed by atoms with Crippen LogP contribution in [0.3, 0.4) is 0 Å². The number of ether oxygens (including phenoxy) is 1. The summed E-state index contributed by atoms with van der Waals surface area (Å²) >= 11 is 0. The van der Waals surface area contributed by atoms with E-state index in [4.69, 9.17) is 10.1 Å². The summed E-state index contributed by atoms with van der Waals surface area (Å²) in [7, 11) is 0. The summed E-state index contributed by atoms with van der Waals surface area (Å²) in [5.74, 6) is -0.346. The van der Waals surface area contributed by atoms with Gasteiger partial charge in [0.2, 0.25) is 0 Å². The first kappa shape index (κ1) is 26.7. The average molecular weight is 485 g/mol. The lowest BCUT2D eigenvalue weighted by Crippen LogP contribution is -2.20. The highest BCUT2D eigenvalue weighted by molar-refractivity contribution is 6.26. The molecule has 0 bridgehead atoms. The molecule has 3 rings (SSSR count). The highest BCUT2D eigenvalue weighted by Gasteiger charge is 2.26. The molecular weight excluding hydrogens is 452 g/mol. The highest BCUT2D eigenvalue weighted by atomic mass is 16.5. The van der Waals surface area contributed by atoms with Crippen LogP contribution in [0.4, 0.5) is 0 Å². The van der Waals surface area contributed by atoms with E-state index >= 15 is 0 Å². The van der Waals surface area contributed by atoms with Crippen LogP contribution in [0.5, 0.6) is 5.75 Å². The molecule has 1 unspecified atom stereocenters. The Balaban J connectivity index is 1.81. The third-order valence-corrected chi connectivity index (χ3v) is 6.19. The van der Waals surface area contributed by atoms with Crippen LogP contribution in [0, 0.1) is 11.3 Å². The molecule has 0 amide bonds. The summed E-state index contributed by atoms with van der Waals surface area (Å²) < 4.78 is 6.04. The number of ketones is 3. The molecule has 0 saturated heterocycles. The number of carbonyl (C=O) groups is 3. The number of hydrogen-bond donors (Lipinski definition) is 1. The summed E-state index contributed by atoms with van der Waals surface area (Å²) in [4.78, 5) is 41.5. The Morgan fingerprint density at radius 1 is 1.19 bits per heavy atom. The van der Waals surface area contributed by atoms with Crippen LogP contribution in [0.2, 0.25) is 0 Å². The number of carbonyl (C=O) groups excluding carboxylic acids is 3. The van der Waals surface area contributed by atoms with Crippen molar-refractivity contribution in [3.8, 4) is 5.75 Å². The van der Waals surface area contributed by atoms with Gasteiger partial charge < -0.3 is 10.1 Å². The van der Waals surface area contributed by atoms with Crippen molar-refractivity contribution >= 4 is 29.3 Å². The zero-order valence-electron chi connectivity index (χ0n) is 21.0. The molecule has 0 fully saturated rings. The molecular formula is C30H32N2O4. The Morgan fingerprint density at radius 2 is 2.00 bits per heavy atom. The minimum absolute atomic E-state index is 0.0637. The number of benzene rings is 1. The van der Waals surface area contributed by atoms with E-state index in [1.165, 1.54) is 6.92 Å². The lowest BCUT2D eigenvalue weighted by molar-refractivity contribution is -0.121. The van der Waals surface area contributed by atoms with Gasteiger partial charge in [-0.2, -0.15) is 0 Å². The number of nitrogens with zero attached hydrogens (tertiary/aromatic N) is 1. The lowest BCUT2D eigenvalue weighted by Gasteiger charge is -2.21. The molecule has 1 aliphatic carbocycles. The molecule has 1 aromatic carbocycles. The SMILES string of the molecule is CC(=O)C(CCC(=O)C=N)CC1=CCc2c(O/C=C3C=C(C)C\C=C/C=C\C(C)=N\3)cccc2C1=O. The Bertz CT molecular complexity index is 1240. The van der Waals surface area contributed by atoms with E-state index in [1.54, 1.807) is 18.4 Å². The number of nitrogens with one attached hydrogen (secondary N) is 1. The minimum atomic E-state index is -0.428. The number of allylic oxidation sites excluding steroid dienone is 8. The molecule has 1 atom stereocenters. The van der Waals surface area contributed by atoms with E-state index in [2.05, 4.69) is 11.1 Å². The second-order valence-corrected chi connectivity index (χ2v) is 9.10. The summed E-state index contributed by atoms with van der Waals surface area (Å²) in [6, 6.07) is 5.40. The van der Waals surface area contributed by atoms with Crippen LogP contribution >= 0.6 is 0 Å². The Kier molecular flexibility index (Phi) is 9.39. The van der Waals surface area contributed by atoms with E-state index in [1.807, 2.05) is 50.3 Å². The normalized spacial score (nSPS) is 20.7. The van der Waals surface area contributed by atoms with Gasteiger partial charge in [0.15, 0.2) is 11.6 Å². The van der Waals surface area contributed by atoms with E-state index < -0.39 is 5.92 Å². The van der Waals surface area contributed by atoms with Gasteiger partial charge in [0.05, 0.1) is 11.9 Å². The van der Waals surface area contributed by atoms with E-state index in [9.17, 15) is 14.4 Å². The van der Waals surface area contributed by atoms with Gasteiger partial charge in [-0.15, -0.1) is 0 Å². The minimum Gasteiger partial charge on any atom is -0.462 e. The Hall–Kier alpha value is -3.93. The van der Waals surface area contributed by atoms with Gasteiger partial charge >= 0.3 is 0 Å². The van der Waals surface area contributed by atoms with Gasteiger partial charge in [-0.1, -0.05) is 42.0 Å². The van der Waals surface area contributed by atoms with E-state index in [0.29, 0.717) is 35.4 Å². The molecule has 0 radical (unpaired) electrons. The number of fused-ring (bicyclic) bond motifs is 1. The number of Topliss-reactive ketones (excluding diaryl/α,β-unsaturated/α-hetero) is 3. The van der Waals surface area contributed by atoms with Gasteiger partial charge in [0.25, 0.3) is 0 Å².